The zero-order chi connectivity index (χ0) is 24.3. The molecule has 11 nitrogen and oxygen atoms in total. The first-order valence-corrected chi connectivity index (χ1v) is 12.1. The fourth-order valence-electron chi connectivity index (χ4n) is 2.63. The summed E-state index contributed by atoms with van der Waals surface area (Å²) < 4.78 is 0. The number of nitrogens with one attached hydrogen (secondary N) is 4. The van der Waals surface area contributed by atoms with Crippen LogP contribution in [0.1, 0.15) is 26.0 Å². The number of imidazole rings is 1. The van der Waals surface area contributed by atoms with E-state index >= 15 is 0 Å². The van der Waals surface area contributed by atoms with Crippen LogP contribution in [0.5, 0.6) is 0 Å². The lowest BCUT2D eigenvalue weighted by Crippen LogP contribution is -2.58. The molecule has 7 N–H and O–H groups in total. The van der Waals surface area contributed by atoms with Gasteiger partial charge < -0.3 is 31.8 Å². The van der Waals surface area contributed by atoms with Crippen molar-refractivity contribution in [1.29, 1.82) is 0 Å². The first kappa shape index (κ1) is 27.8. The second kappa shape index (κ2) is 14.0. The van der Waals surface area contributed by atoms with Gasteiger partial charge in [-0.2, -0.15) is 24.4 Å². The SMILES string of the molecule is CSCCC(NC(=O)C(CS)NC(=O)C(Cc1cnc[nH]1)NC(=O)C(N)C(C)C)C(=O)O. The summed E-state index contributed by atoms with van der Waals surface area (Å²) in [5.41, 5.74) is 6.48. The zero-order valence-electron chi connectivity index (χ0n) is 18.3. The first-order valence-electron chi connectivity index (χ1n) is 10.1. The quantitative estimate of drug-likeness (QED) is 0.166. The molecule has 0 bridgehead atoms. The summed E-state index contributed by atoms with van der Waals surface area (Å²) in [5.74, 6) is -2.64. The molecule has 0 saturated carbocycles. The summed E-state index contributed by atoms with van der Waals surface area (Å²) in [6.07, 6.45) is 5.12. The lowest BCUT2D eigenvalue weighted by molar-refractivity contribution is -0.142. The number of thiol groups is 1. The number of aromatic nitrogens is 2. The fraction of sp³-hybridized carbons (Fsp3) is 0.632. The van der Waals surface area contributed by atoms with Crippen molar-refractivity contribution in [3.63, 3.8) is 0 Å². The van der Waals surface area contributed by atoms with Crippen molar-refractivity contribution in [3.05, 3.63) is 18.2 Å². The first-order chi connectivity index (χ1) is 15.1. The molecule has 0 aliphatic carbocycles. The molecule has 0 fully saturated rings. The number of H-pyrrole nitrogens is 1. The highest BCUT2D eigenvalue weighted by molar-refractivity contribution is 7.98. The van der Waals surface area contributed by atoms with E-state index in [-0.39, 0.29) is 24.5 Å². The standard InChI is InChI=1S/C19H32N6O5S2/c1-10(2)15(20)18(28)24-13(6-11-7-21-9-22-11)16(26)25-14(8-31)17(27)23-12(19(29)30)4-5-32-3/h7,9-10,12-15,31H,4-6,8,20H2,1-3H3,(H,21,22)(H,23,27)(H,24,28)(H,25,26)(H,29,30). The van der Waals surface area contributed by atoms with Gasteiger partial charge in [-0.25, -0.2) is 9.78 Å². The van der Waals surface area contributed by atoms with E-state index in [1.165, 1.54) is 24.3 Å². The Morgan fingerprint density at radius 2 is 1.72 bits per heavy atom. The Morgan fingerprint density at radius 3 is 2.22 bits per heavy atom. The predicted molar refractivity (Wildman–Crippen MR) is 125 cm³/mol. The number of hydrogen-bond acceptors (Lipinski definition) is 8. The largest absolute Gasteiger partial charge is 0.480 e. The second-order valence-corrected chi connectivity index (χ2v) is 8.89. The topological polar surface area (TPSA) is 179 Å². The van der Waals surface area contributed by atoms with E-state index in [4.69, 9.17) is 5.73 Å². The normalized spacial score (nSPS) is 14.8. The average Bonchev–Trinajstić information content (AvgIpc) is 3.26. The Bertz CT molecular complexity index is 761. The van der Waals surface area contributed by atoms with Gasteiger partial charge in [0.05, 0.1) is 12.4 Å². The highest BCUT2D eigenvalue weighted by Crippen LogP contribution is 2.05. The number of nitrogens with zero attached hydrogens (tertiary/aromatic N) is 1. The molecule has 32 heavy (non-hydrogen) atoms. The van der Waals surface area contributed by atoms with Crippen LogP contribution in [0.25, 0.3) is 0 Å². The zero-order valence-corrected chi connectivity index (χ0v) is 20.0. The van der Waals surface area contributed by atoms with Crippen LogP contribution < -0.4 is 21.7 Å². The van der Waals surface area contributed by atoms with Gasteiger partial charge in [0.2, 0.25) is 17.7 Å². The molecule has 0 saturated heterocycles. The fourth-order valence-corrected chi connectivity index (χ4v) is 3.36. The lowest BCUT2D eigenvalue weighted by Gasteiger charge is -2.25. The van der Waals surface area contributed by atoms with Gasteiger partial charge in [-0.3, -0.25) is 14.4 Å². The molecule has 0 aromatic carbocycles. The smallest absolute Gasteiger partial charge is 0.326 e. The Labute approximate surface area is 196 Å². The summed E-state index contributed by atoms with van der Waals surface area (Å²) >= 11 is 5.57. The summed E-state index contributed by atoms with van der Waals surface area (Å²) in [6, 6.07) is -4.03. The molecule has 1 aromatic rings. The molecule has 4 atom stereocenters. The van der Waals surface area contributed by atoms with Crippen molar-refractivity contribution in [2.24, 2.45) is 11.7 Å². The third-order valence-corrected chi connectivity index (χ3v) is 5.68. The van der Waals surface area contributed by atoms with Crippen molar-refractivity contribution < 1.29 is 24.3 Å². The molecular weight excluding hydrogens is 456 g/mol. The van der Waals surface area contributed by atoms with E-state index in [9.17, 15) is 24.3 Å². The highest BCUT2D eigenvalue weighted by atomic mass is 32.2. The molecule has 0 aliphatic heterocycles. The maximum Gasteiger partial charge on any atom is 0.326 e. The van der Waals surface area contributed by atoms with Gasteiger partial charge in [0, 0.05) is 24.1 Å². The van der Waals surface area contributed by atoms with Crippen molar-refractivity contribution in [2.75, 3.05) is 17.8 Å². The number of aliphatic carboxylic acids is 1. The molecule has 0 aliphatic rings. The number of aromatic amines is 1. The second-order valence-electron chi connectivity index (χ2n) is 7.54. The third kappa shape index (κ3) is 9.09. The maximum atomic E-state index is 12.9. The number of carboxylic acids is 1. The number of hydrogen-bond donors (Lipinski definition) is 7. The molecule has 0 spiro atoms. The van der Waals surface area contributed by atoms with Gasteiger partial charge in [-0.05, 0) is 24.3 Å². The molecular formula is C19H32N6O5S2. The summed E-state index contributed by atoms with van der Waals surface area (Å²) in [5, 5.41) is 16.9. The van der Waals surface area contributed by atoms with Gasteiger partial charge in [-0.1, -0.05) is 13.8 Å². The Hall–Kier alpha value is -2.25. The Balaban J connectivity index is 2.90. The van der Waals surface area contributed by atoms with Crippen LogP contribution in [0.2, 0.25) is 0 Å². The highest BCUT2D eigenvalue weighted by Gasteiger charge is 2.30. The summed E-state index contributed by atoms with van der Waals surface area (Å²) in [7, 11) is 0. The van der Waals surface area contributed by atoms with Crippen LogP contribution in [-0.2, 0) is 25.6 Å². The van der Waals surface area contributed by atoms with E-state index in [1.54, 1.807) is 13.8 Å². The van der Waals surface area contributed by atoms with Crippen LogP contribution in [0, 0.1) is 5.92 Å². The third-order valence-electron chi connectivity index (χ3n) is 4.67. The molecule has 0 radical (unpaired) electrons. The van der Waals surface area contributed by atoms with E-state index in [1.807, 2.05) is 6.26 Å². The van der Waals surface area contributed by atoms with Crippen molar-refractivity contribution >= 4 is 48.1 Å². The summed E-state index contributed by atoms with van der Waals surface area (Å²) in [4.78, 5) is 56.1. The molecule has 1 heterocycles. The molecule has 1 rings (SSSR count). The minimum atomic E-state index is -1.16. The van der Waals surface area contributed by atoms with Crippen LogP contribution in [-0.4, -0.2) is 80.7 Å². The van der Waals surface area contributed by atoms with E-state index in [2.05, 4.69) is 38.5 Å². The molecule has 4 unspecified atom stereocenters. The van der Waals surface area contributed by atoms with Gasteiger partial charge in [0.25, 0.3) is 0 Å². The molecule has 1 aromatic heterocycles. The van der Waals surface area contributed by atoms with Crippen molar-refractivity contribution in [3.8, 4) is 0 Å². The monoisotopic (exact) mass is 488 g/mol. The molecule has 180 valence electrons. The number of carbonyl (C=O) groups is 4. The number of rotatable bonds is 14. The maximum absolute atomic E-state index is 12.9. The van der Waals surface area contributed by atoms with Gasteiger partial charge in [0.1, 0.15) is 18.1 Å². The average molecular weight is 489 g/mol. The van der Waals surface area contributed by atoms with Gasteiger partial charge in [0.15, 0.2) is 0 Å². The molecule has 3 amide bonds. The van der Waals surface area contributed by atoms with Crippen LogP contribution in [0.4, 0.5) is 0 Å². The van der Waals surface area contributed by atoms with Crippen molar-refractivity contribution in [1.82, 2.24) is 25.9 Å². The number of carbonyl (C=O) groups excluding carboxylic acids is 3. The van der Waals surface area contributed by atoms with Crippen LogP contribution in [0.3, 0.4) is 0 Å². The number of carboxylic acid groups (broad SMARTS) is 1. The van der Waals surface area contributed by atoms with E-state index in [0.29, 0.717) is 11.4 Å². The van der Waals surface area contributed by atoms with E-state index in [0.717, 1.165) is 0 Å². The van der Waals surface area contributed by atoms with Crippen LogP contribution >= 0.6 is 24.4 Å². The van der Waals surface area contributed by atoms with Crippen molar-refractivity contribution in [2.45, 2.75) is 50.9 Å². The minimum Gasteiger partial charge on any atom is -0.480 e. The Kier molecular flexibility index (Phi) is 12.2. The van der Waals surface area contributed by atoms with Gasteiger partial charge >= 0.3 is 5.97 Å². The minimum absolute atomic E-state index is 0.0668. The number of nitrogens with two attached hydrogens (primary N) is 1. The van der Waals surface area contributed by atoms with Gasteiger partial charge in [-0.15, -0.1) is 0 Å². The van der Waals surface area contributed by atoms with E-state index < -0.39 is 47.9 Å². The lowest BCUT2D eigenvalue weighted by atomic mass is 10.0. The number of amides is 3. The summed E-state index contributed by atoms with van der Waals surface area (Å²) in [6.45, 7) is 3.57. The molecule has 13 heteroatoms. The van der Waals surface area contributed by atoms with Crippen LogP contribution in [0.15, 0.2) is 12.5 Å². The number of thioether (sulfide) groups is 1. The Morgan fingerprint density at radius 1 is 1.12 bits per heavy atom. The predicted octanol–water partition coefficient (Wildman–Crippen LogP) is -0.843.